The van der Waals surface area contributed by atoms with Crippen LogP contribution in [0.25, 0.3) is 11.0 Å². The lowest BCUT2D eigenvalue weighted by molar-refractivity contribution is -0.158. The molecule has 1 amide bonds. The summed E-state index contributed by atoms with van der Waals surface area (Å²) in [5, 5.41) is 9.30. The molecule has 0 unspecified atom stereocenters. The summed E-state index contributed by atoms with van der Waals surface area (Å²) in [7, 11) is 0. The molecule has 8 heteroatoms. The summed E-state index contributed by atoms with van der Waals surface area (Å²) in [6.07, 6.45) is 1.98. The molecule has 2 aromatic rings. The van der Waals surface area contributed by atoms with Gasteiger partial charge in [0.05, 0.1) is 30.0 Å². The van der Waals surface area contributed by atoms with E-state index in [0.717, 1.165) is 16.9 Å². The molecule has 0 spiro atoms. The van der Waals surface area contributed by atoms with E-state index in [1.165, 1.54) is 4.90 Å². The van der Waals surface area contributed by atoms with Gasteiger partial charge in [-0.2, -0.15) is 11.8 Å². The van der Waals surface area contributed by atoms with Crippen molar-refractivity contribution in [3.05, 3.63) is 30.1 Å². The molecule has 1 saturated heterocycles. The summed E-state index contributed by atoms with van der Waals surface area (Å²) in [4.78, 5) is 30.1. The number of hydrogen-bond acceptors (Lipinski definition) is 5. The standard InChI is InChI=1S/C16H19N3O4S/c1-24-10-14-17-11-4-2-3-5-12(11)19(14)8-15(20)18-6-7-23-9-13(18)16(21)22/h2-5,13H,6-10H2,1H3,(H,21,22)/t13-/m0/s1. The molecule has 24 heavy (non-hydrogen) atoms. The Bertz CT molecular complexity index is 761. The van der Waals surface area contributed by atoms with Gasteiger partial charge in [-0.3, -0.25) is 4.79 Å². The first-order valence-corrected chi connectivity index (χ1v) is 9.04. The fourth-order valence-corrected chi connectivity index (χ4v) is 3.35. The minimum absolute atomic E-state index is 0.0312. The second-order valence-corrected chi connectivity index (χ2v) is 6.42. The number of aromatic nitrogens is 2. The van der Waals surface area contributed by atoms with Crippen LogP contribution >= 0.6 is 11.8 Å². The number of carbonyl (C=O) groups is 2. The molecule has 1 aliphatic rings. The molecule has 1 fully saturated rings. The van der Waals surface area contributed by atoms with Gasteiger partial charge in [0.2, 0.25) is 5.91 Å². The number of para-hydroxylation sites is 2. The third-order valence-electron chi connectivity index (χ3n) is 4.03. The maximum atomic E-state index is 12.7. The summed E-state index contributed by atoms with van der Waals surface area (Å²) in [5.74, 6) is 0.240. The van der Waals surface area contributed by atoms with E-state index in [1.807, 2.05) is 35.1 Å². The lowest BCUT2D eigenvalue weighted by Crippen LogP contribution is -2.53. The number of aliphatic carboxylic acids is 1. The van der Waals surface area contributed by atoms with Crippen LogP contribution in [-0.4, -0.2) is 63.5 Å². The van der Waals surface area contributed by atoms with E-state index in [4.69, 9.17) is 4.74 Å². The largest absolute Gasteiger partial charge is 0.480 e. The monoisotopic (exact) mass is 349 g/mol. The van der Waals surface area contributed by atoms with Crippen LogP contribution in [0.5, 0.6) is 0 Å². The quantitative estimate of drug-likeness (QED) is 0.873. The summed E-state index contributed by atoms with van der Waals surface area (Å²) in [6, 6.07) is 6.72. The SMILES string of the molecule is CSCc1nc2ccccc2n1CC(=O)N1CCOC[C@H]1C(=O)O. The molecule has 0 aliphatic carbocycles. The summed E-state index contributed by atoms with van der Waals surface area (Å²) >= 11 is 1.63. The fourth-order valence-electron chi connectivity index (χ4n) is 2.87. The zero-order chi connectivity index (χ0) is 17.1. The predicted molar refractivity (Wildman–Crippen MR) is 90.9 cm³/mol. The molecule has 1 aliphatic heterocycles. The average molecular weight is 349 g/mol. The number of carboxylic acid groups (broad SMARTS) is 1. The van der Waals surface area contributed by atoms with Crippen molar-refractivity contribution in [2.75, 3.05) is 26.0 Å². The first-order valence-electron chi connectivity index (χ1n) is 7.65. The van der Waals surface area contributed by atoms with Crippen molar-refractivity contribution in [1.29, 1.82) is 0 Å². The molecule has 3 rings (SSSR count). The van der Waals surface area contributed by atoms with E-state index >= 15 is 0 Å². The van der Waals surface area contributed by atoms with Crippen LogP contribution in [0.3, 0.4) is 0 Å². The van der Waals surface area contributed by atoms with Gasteiger partial charge in [-0.05, 0) is 18.4 Å². The number of imidazole rings is 1. The van der Waals surface area contributed by atoms with Crippen LogP contribution in [0.1, 0.15) is 5.82 Å². The lowest BCUT2D eigenvalue weighted by Gasteiger charge is -2.33. The van der Waals surface area contributed by atoms with Gasteiger partial charge in [0.15, 0.2) is 6.04 Å². The molecule has 1 aromatic heterocycles. The van der Waals surface area contributed by atoms with E-state index < -0.39 is 12.0 Å². The van der Waals surface area contributed by atoms with Crippen LogP contribution in [0.2, 0.25) is 0 Å². The number of rotatable bonds is 5. The fraction of sp³-hybridized carbons (Fsp3) is 0.438. The Kier molecular flexibility index (Phi) is 5.06. The van der Waals surface area contributed by atoms with Crippen molar-refractivity contribution in [3.63, 3.8) is 0 Å². The van der Waals surface area contributed by atoms with E-state index in [0.29, 0.717) is 18.9 Å². The smallest absolute Gasteiger partial charge is 0.328 e. The van der Waals surface area contributed by atoms with Crippen molar-refractivity contribution in [1.82, 2.24) is 14.5 Å². The van der Waals surface area contributed by atoms with Crippen LogP contribution < -0.4 is 0 Å². The molecular formula is C16H19N3O4S. The molecule has 0 saturated carbocycles. The number of benzene rings is 1. The Labute approximate surface area is 143 Å². The number of carbonyl (C=O) groups excluding carboxylic acids is 1. The van der Waals surface area contributed by atoms with Gasteiger partial charge < -0.3 is 19.3 Å². The number of hydrogen-bond donors (Lipinski definition) is 1. The molecule has 128 valence electrons. The predicted octanol–water partition coefficient (Wildman–Crippen LogP) is 1.21. The first-order chi connectivity index (χ1) is 11.6. The molecule has 2 heterocycles. The highest BCUT2D eigenvalue weighted by Gasteiger charge is 2.33. The maximum Gasteiger partial charge on any atom is 0.328 e. The van der Waals surface area contributed by atoms with Crippen molar-refractivity contribution in [2.24, 2.45) is 0 Å². The van der Waals surface area contributed by atoms with E-state index in [1.54, 1.807) is 11.8 Å². The molecule has 1 atom stereocenters. The summed E-state index contributed by atoms with van der Waals surface area (Å²) in [6.45, 7) is 0.766. The zero-order valence-corrected chi connectivity index (χ0v) is 14.2. The van der Waals surface area contributed by atoms with Crippen molar-refractivity contribution in [2.45, 2.75) is 18.3 Å². The van der Waals surface area contributed by atoms with Crippen LogP contribution in [0, 0.1) is 0 Å². The number of fused-ring (bicyclic) bond motifs is 1. The van der Waals surface area contributed by atoms with Gasteiger partial charge >= 0.3 is 5.97 Å². The van der Waals surface area contributed by atoms with E-state index in [2.05, 4.69) is 4.98 Å². The number of amides is 1. The molecular weight excluding hydrogens is 330 g/mol. The average Bonchev–Trinajstić information content (AvgIpc) is 2.93. The Morgan fingerprint density at radius 1 is 1.42 bits per heavy atom. The number of carboxylic acids is 1. The second kappa shape index (κ2) is 7.23. The highest BCUT2D eigenvalue weighted by atomic mass is 32.2. The summed E-state index contributed by atoms with van der Waals surface area (Å²) < 4.78 is 7.07. The first kappa shape index (κ1) is 16.8. The Morgan fingerprint density at radius 3 is 2.96 bits per heavy atom. The minimum atomic E-state index is -1.04. The maximum absolute atomic E-state index is 12.7. The highest BCUT2D eigenvalue weighted by Crippen LogP contribution is 2.20. The number of nitrogens with zero attached hydrogens (tertiary/aromatic N) is 3. The normalized spacial score (nSPS) is 18.0. The van der Waals surface area contributed by atoms with Gasteiger partial charge in [-0.1, -0.05) is 12.1 Å². The van der Waals surface area contributed by atoms with Gasteiger partial charge in [0.25, 0.3) is 0 Å². The second-order valence-electron chi connectivity index (χ2n) is 5.55. The topological polar surface area (TPSA) is 84.7 Å². The van der Waals surface area contributed by atoms with Gasteiger partial charge in [0.1, 0.15) is 12.4 Å². The molecule has 0 bridgehead atoms. The van der Waals surface area contributed by atoms with Crippen molar-refractivity contribution < 1.29 is 19.4 Å². The number of thioether (sulfide) groups is 1. The zero-order valence-electron chi connectivity index (χ0n) is 13.3. The van der Waals surface area contributed by atoms with Crippen molar-refractivity contribution >= 4 is 34.7 Å². The summed E-state index contributed by atoms with van der Waals surface area (Å²) in [5.41, 5.74) is 1.72. The minimum Gasteiger partial charge on any atom is -0.480 e. The van der Waals surface area contributed by atoms with E-state index in [-0.39, 0.29) is 19.1 Å². The molecule has 0 radical (unpaired) electrons. The Hall–Kier alpha value is -2.06. The third kappa shape index (κ3) is 3.25. The number of morpholine rings is 1. The van der Waals surface area contributed by atoms with Crippen LogP contribution in [0.4, 0.5) is 0 Å². The molecule has 1 N–H and O–H groups in total. The van der Waals surface area contributed by atoms with E-state index in [9.17, 15) is 14.7 Å². The van der Waals surface area contributed by atoms with Crippen molar-refractivity contribution in [3.8, 4) is 0 Å². The third-order valence-corrected chi connectivity index (χ3v) is 4.58. The Morgan fingerprint density at radius 2 is 2.21 bits per heavy atom. The molecule has 1 aromatic carbocycles. The van der Waals surface area contributed by atoms with Gasteiger partial charge in [-0.25, -0.2) is 9.78 Å². The highest BCUT2D eigenvalue weighted by molar-refractivity contribution is 7.97. The molecule has 7 nitrogen and oxygen atoms in total. The van der Waals surface area contributed by atoms with Gasteiger partial charge in [0, 0.05) is 6.54 Å². The Balaban J connectivity index is 1.89. The van der Waals surface area contributed by atoms with Crippen LogP contribution in [-0.2, 0) is 26.6 Å². The number of ether oxygens (including phenoxy) is 1. The lowest BCUT2D eigenvalue weighted by atomic mass is 10.2. The van der Waals surface area contributed by atoms with Gasteiger partial charge in [-0.15, -0.1) is 0 Å². The van der Waals surface area contributed by atoms with Crippen LogP contribution in [0.15, 0.2) is 24.3 Å².